The summed E-state index contributed by atoms with van der Waals surface area (Å²) in [6, 6.07) is 0. The van der Waals surface area contributed by atoms with Gasteiger partial charge < -0.3 is 21.3 Å². The zero-order valence-corrected chi connectivity index (χ0v) is 6.47. The monoisotopic (exact) mass is 170 g/mol. The predicted octanol–water partition coefficient (Wildman–Crippen LogP) is 0.0556. The van der Waals surface area contributed by atoms with E-state index in [1.165, 1.54) is 0 Å². The molecule has 0 aromatic rings. The summed E-state index contributed by atoms with van der Waals surface area (Å²) in [5, 5.41) is 1.98. The molecule has 0 radical (unpaired) electrons. The maximum atomic E-state index is 10.2. The smallest absolute Gasteiger partial charge is 0.346 e. The minimum atomic E-state index is -4.52. The van der Waals surface area contributed by atoms with Crippen LogP contribution in [0.4, 0.5) is 4.79 Å². The van der Waals surface area contributed by atoms with Crippen molar-refractivity contribution in [2.45, 2.75) is 6.92 Å². The van der Waals surface area contributed by atoms with Crippen molar-refractivity contribution in [1.29, 1.82) is 0 Å². The Kier molecular flexibility index (Phi) is 5.41. The normalized spacial score (nSPS) is 9.90. The third kappa shape index (κ3) is 4.46. The van der Waals surface area contributed by atoms with Crippen molar-refractivity contribution < 1.29 is 19.1 Å². The molecule has 0 aliphatic rings. The molecule has 0 atom stereocenters. The molecule has 10 heavy (non-hydrogen) atoms. The van der Waals surface area contributed by atoms with Crippen LogP contribution in [0.15, 0.2) is 0 Å². The molecule has 0 bridgehead atoms. The molecule has 0 fully saturated rings. The second kappa shape index (κ2) is 4.40. The first-order valence-corrected chi connectivity index (χ1v) is 3.93. The molecule has 0 aromatic carbocycles. The molecule has 62 valence electrons. The second-order valence-electron chi connectivity index (χ2n) is 1.38. The van der Waals surface area contributed by atoms with Gasteiger partial charge in [0.15, 0.2) is 0 Å². The molecule has 0 rings (SSSR count). The van der Waals surface area contributed by atoms with Crippen LogP contribution < -0.4 is 11.5 Å². The van der Waals surface area contributed by atoms with E-state index >= 15 is 0 Å². The Balaban J connectivity index is 0. The van der Waals surface area contributed by atoms with Gasteiger partial charge in [-0.1, -0.05) is 0 Å². The van der Waals surface area contributed by atoms with E-state index in [0.29, 0.717) is 0 Å². The molecule has 0 saturated heterocycles. The molecule has 0 aliphatic carbocycles. The van der Waals surface area contributed by atoms with Crippen LogP contribution in [0.2, 0.25) is 0 Å². The lowest BCUT2D eigenvalue weighted by molar-refractivity contribution is 0.249. The molecule has 0 heterocycles. The molecule has 0 saturated carbocycles. The number of hydrogen-bond donors (Lipinski definition) is 4. The van der Waals surface area contributed by atoms with E-state index in [4.69, 9.17) is 9.79 Å². The van der Waals surface area contributed by atoms with E-state index in [1.807, 2.05) is 5.32 Å². The molecular weight excluding hydrogens is 159 g/mol. The molecule has 6 N–H and O–H groups in total. The van der Waals surface area contributed by atoms with Crippen LogP contribution in [0.25, 0.3) is 0 Å². The highest BCUT2D eigenvalue weighted by molar-refractivity contribution is 7.69. The van der Waals surface area contributed by atoms with Gasteiger partial charge >= 0.3 is 13.2 Å². The van der Waals surface area contributed by atoms with Gasteiger partial charge in [0.25, 0.3) is 0 Å². The van der Waals surface area contributed by atoms with E-state index in [-0.39, 0.29) is 12.7 Å². The minimum absolute atomic E-state index is 0. The third-order valence-corrected chi connectivity index (χ3v) is 1.28. The number of nitrogens with one attached hydrogen (secondary N) is 1. The van der Waals surface area contributed by atoms with E-state index in [0.717, 1.165) is 0 Å². The first-order chi connectivity index (χ1) is 3.98. The summed E-state index contributed by atoms with van der Waals surface area (Å²) < 4.78 is 10.0. The van der Waals surface area contributed by atoms with Gasteiger partial charge in [-0.2, -0.15) is 0 Å². The summed E-state index contributed by atoms with van der Waals surface area (Å²) >= 11 is 0. The predicted molar refractivity (Wildman–Crippen MR) is 36.1 cm³/mol. The molecule has 7 heteroatoms. The minimum Gasteiger partial charge on any atom is -0.346 e. The average Bonchev–Trinajstić information content (AvgIpc) is 1.64. The fraction of sp³-hybridized carbons (Fsp3) is 0.667. The van der Waals surface area contributed by atoms with Crippen LogP contribution in [0.1, 0.15) is 6.92 Å². The van der Waals surface area contributed by atoms with E-state index < -0.39 is 13.2 Å². The molecule has 0 aliphatic heterocycles. The van der Waals surface area contributed by atoms with Crippen LogP contribution in [0.5, 0.6) is 0 Å². The highest BCUT2D eigenvalue weighted by Gasteiger charge is 2.23. The molecule has 0 aromatic heterocycles. The van der Waals surface area contributed by atoms with Gasteiger partial charge in [0.05, 0.1) is 0 Å². The number of rotatable bonds is 2. The number of carbonyl (C=O) groups excluding carboxylic acids is 1. The van der Waals surface area contributed by atoms with Crippen molar-refractivity contribution >= 4 is 13.2 Å². The van der Waals surface area contributed by atoms with Crippen molar-refractivity contribution in [3.05, 3.63) is 0 Å². The Hall–Kier alpha value is -0.420. The standard InChI is InChI=1S/C3H8NO4P.H3N/c1-2-4-3(5)9(6,7)8;/h2H2,1H3,(H,4,5)(H2,6,7,8);1H3. The largest absolute Gasteiger partial charge is 0.413 e. The second-order valence-corrected chi connectivity index (χ2v) is 2.87. The van der Waals surface area contributed by atoms with Crippen molar-refractivity contribution in [1.82, 2.24) is 11.5 Å². The fourth-order valence-corrected chi connectivity index (χ4v) is 0.618. The number of amides is 1. The molecule has 6 nitrogen and oxygen atoms in total. The topological polar surface area (TPSA) is 122 Å². The summed E-state index contributed by atoms with van der Waals surface area (Å²) in [4.78, 5) is 26.4. The zero-order chi connectivity index (χ0) is 7.49. The lowest BCUT2D eigenvalue weighted by Crippen LogP contribution is -2.20. The van der Waals surface area contributed by atoms with Gasteiger partial charge in [-0.15, -0.1) is 0 Å². The lowest BCUT2D eigenvalue weighted by atomic mass is 10.8. The van der Waals surface area contributed by atoms with E-state index in [2.05, 4.69) is 0 Å². The molecular formula is C3H11N2O4P. The fourth-order valence-electron chi connectivity index (χ4n) is 0.254. The van der Waals surface area contributed by atoms with Gasteiger partial charge in [-0.3, -0.25) is 4.79 Å². The van der Waals surface area contributed by atoms with Gasteiger partial charge in [-0.25, -0.2) is 4.57 Å². The maximum Gasteiger partial charge on any atom is 0.413 e. The SMILES string of the molecule is CCNC(=O)P(=O)(O)O.N. The molecule has 0 spiro atoms. The molecule has 0 unspecified atom stereocenters. The van der Waals surface area contributed by atoms with E-state index in [1.54, 1.807) is 6.92 Å². The molecule has 1 amide bonds. The Bertz CT molecular complexity index is 153. The van der Waals surface area contributed by atoms with Gasteiger partial charge in [0.2, 0.25) is 0 Å². The number of carbonyl (C=O) groups is 1. The Morgan fingerprint density at radius 2 is 2.00 bits per heavy atom. The van der Waals surface area contributed by atoms with Gasteiger partial charge in [0, 0.05) is 6.54 Å². The highest BCUT2D eigenvalue weighted by atomic mass is 31.2. The van der Waals surface area contributed by atoms with Crippen LogP contribution >= 0.6 is 7.60 Å². The number of hydrogen-bond acceptors (Lipinski definition) is 3. The van der Waals surface area contributed by atoms with Crippen molar-refractivity contribution in [2.24, 2.45) is 0 Å². The van der Waals surface area contributed by atoms with Crippen LogP contribution in [0.3, 0.4) is 0 Å². The van der Waals surface area contributed by atoms with Gasteiger partial charge in [-0.05, 0) is 6.92 Å². The van der Waals surface area contributed by atoms with Crippen LogP contribution in [-0.2, 0) is 4.57 Å². The summed E-state index contributed by atoms with van der Waals surface area (Å²) in [7, 11) is -4.52. The quantitative estimate of drug-likeness (QED) is 0.436. The summed E-state index contributed by atoms with van der Waals surface area (Å²) in [6.45, 7) is 1.80. The van der Waals surface area contributed by atoms with Crippen molar-refractivity contribution in [3.63, 3.8) is 0 Å². The Morgan fingerprint density at radius 1 is 1.60 bits per heavy atom. The van der Waals surface area contributed by atoms with Crippen LogP contribution in [-0.4, -0.2) is 22.0 Å². The first-order valence-electron chi connectivity index (χ1n) is 2.32. The maximum absolute atomic E-state index is 10.2. The Morgan fingerprint density at radius 3 is 2.10 bits per heavy atom. The summed E-state index contributed by atoms with van der Waals surface area (Å²) in [6.07, 6.45) is 0. The summed E-state index contributed by atoms with van der Waals surface area (Å²) in [5.74, 6) is 0. The average molecular weight is 170 g/mol. The summed E-state index contributed by atoms with van der Waals surface area (Å²) in [5.41, 5.74) is -1.22. The highest BCUT2D eigenvalue weighted by Crippen LogP contribution is 2.34. The van der Waals surface area contributed by atoms with Crippen LogP contribution in [0, 0.1) is 0 Å². The lowest BCUT2D eigenvalue weighted by Gasteiger charge is -2.01. The zero-order valence-electron chi connectivity index (χ0n) is 5.57. The van der Waals surface area contributed by atoms with Gasteiger partial charge in [0.1, 0.15) is 0 Å². The van der Waals surface area contributed by atoms with E-state index in [9.17, 15) is 9.36 Å². The third-order valence-electron chi connectivity index (χ3n) is 0.593. The van der Waals surface area contributed by atoms with Crippen molar-refractivity contribution in [2.75, 3.05) is 6.54 Å². The van der Waals surface area contributed by atoms with Crippen molar-refractivity contribution in [3.8, 4) is 0 Å². The first kappa shape index (κ1) is 12.3. The Labute approximate surface area is 58.4 Å².